The Bertz CT molecular complexity index is 805. The molecule has 25 heavy (non-hydrogen) atoms. The monoisotopic (exact) mass is 346 g/mol. The fourth-order valence-corrected chi connectivity index (χ4v) is 2.86. The third-order valence-electron chi connectivity index (χ3n) is 4.16. The third-order valence-corrected chi connectivity index (χ3v) is 4.16. The molecule has 3 heterocycles. The number of carbonyl (C=O) groups excluding carboxylic acids is 1. The molecule has 8 heteroatoms. The number of furan rings is 1. The normalized spacial score (nSPS) is 18.5. The number of nitrogens with one attached hydrogen (secondary N) is 2. The van der Waals surface area contributed by atoms with Crippen molar-refractivity contribution in [1.82, 2.24) is 10.3 Å². The van der Waals surface area contributed by atoms with Gasteiger partial charge in [0, 0.05) is 12.5 Å². The molecule has 3 rings (SSSR count). The van der Waals surface area contributed by atoms with Gasteiger partial charge in [-0.1, -0.05) is 0 Å². The van der Waals surface area contributed by atoms with Crippen molar-refractivity contribution in [2.45, 2.75) is 18.9 Å². The molecule has 0 spiro atoms. The highest BCUT2D eigenvalue weighted by Gasteiger charge is 2.32. The summed E-state index contributed by atoms with van der Waals surface area (Å²) < 4.78 is 10.5. The molecule has 0 bridgehead atoms. The van der Waals surface area contributed by atoms with Crippen molar-refractivity contribution >= 4 is 11.9 Å². The van der Waals surface area contributed by atoms with Crippen LogP contribution in [-0.4, -0.2) is 41.2 Å². The number of aromatic nitrogens is 1. The smallest absolute Gasteiger partial charge is 0.326 e. The van der Waals surface area contributed by atoms with E-state index in [2.05, 4.69) is 10.3 Å². The van der Waals surface area contributed by atoms with Gasteiger partial charge in [-0.25, -0.2) is 4.79 Å². The summed E-state index contributed by atoms with van der Waals surface area (Å²) in [6, 6.07) is 5.14. The van der Waals surface area contributed by atoms with Crippen LogP contribution in [0.3, 0.4) is 0 Å². The van der Waals surface area contributed by atoms with Gasteiger partial charge in [0.15, 0.2) is 0 Å². The minimum atomic E-state index is -1.15. The molecule has 2 atom stereocenters. The molecule has 8 nitrogen and oxygen atoms in total. The summed E-state index contributed by atoms with van der Waals surface area (Å²) in [5.74, 6) is -1.73. The number of carboxylic acids is 1. The summed E-state index contributed by atoms with van der Waals surface area (Å²) in [6.45, 7) is 0.857. The van der Waals surface area contributed by atoms with Gasteiger partial charge < -0.3 is 24.6 Å². The molecule has 3 N–H and O–H groups in total. The zero-order valence-corrected chi connectivity index (χ0v) is 13.4. The predicted molar refractivity (Wildman–Crippen MR) is 87.2 cm³/mol. The van der Waals surface area contributed by atoms with Crippen LogP contribution in [0, 0.1) is 5.92 Å². The second kappa shape index (κ2) is 7.35. The number of H-pyrrole nitrogens is 1. The van der Waals surface area contributed by atoms with Crippen LogP contribution in [0.25, 0.3) is 11.5 Å². The average molecular weight is 346 g/mol. The van der Waals surface area contributed by atoms with Crippen LogP contribution in [0.1, 0.15) is 23.2 Å². The van der Waals surface area contributed by atoms with E-state index in [0.29, 0.717) is 24.5 Å². The van der Waals surface area contributed by atoms with Gasteiger partial charge in [-0.2, -0.15) is 0 Å². The number of rotatable bonds is 5. The maximum Gasteiger partial charge on any atom is 0.326 e. The molecule has 1 amide bonds. The predicted octanol–water partition coefficient (Wildman–Crippen LogP) is 1.24. The third kappa shape index (κ3) is 3.80. The van der Waals surface area contributed by atoms with Crippen molar-refractivity contribution in [2.24, 2.45) is 5.92 Å². The van der Waals surface area contributed by atoms with E-state index in [-0.39, 0.29) is 18.1 Å². The highest BCUT2D eigenvalue weighted by atomic mass is 16.5. The van der Waals surface area contributed by atoms with Crippen LogP contribution in [0.2, 0.25) is 0 Å². The van der Waals surface area contributed by atoms with E-state index in [9.17, 15) is 19.5 Å². The number of amides is 1. The lowest BCUT2D eigenvalue weighted by Gasteiger charge is -2.28. The Balaban J connectivity index is 1.77. The summed E-state index contributed by atoms with van der Waals surface area (Å²) in [5, 5.41) is 11.8. The van der Waals surface area contributed by atoms with Crippen molar-refractivity contribution in [1.29, 1.82) is 0 Å². The summed E-state index contributed by atoms with van der Waals surface area (Å²) in [4.78, 5) is 38.6. The minimum absolute atomic E-state index is 0.154. The molecular weight excluding hydrogens is 328 g/mol. The minimum Gasteiger partial charge on any atom is -0.480 e. The van der Waals surface area contributed by atoms with Crippen LogP contribution in [-0.2, 0) is 9.53 Å². The number of aliphatic carboxylic acids is 1. The van der Waals surface area contributed by atoms with Gasteiger partial charge in [0.2, 0.25) is 0 Å². The van der Waals surface area contributed by atoms with Crippen molar-refractivity contribution in [3.8, 4) is 11.5 Å². The van der Waals surface area contributed by atoms with Gasteiger partial charge in [0.05, 0.1) is 18.6 Å². The lowest BCUT2D eigenvalue weighted by Crippen LogP contribution is -2.49. The number of ether oxygens (including phenoxy) is 1. The van der Waals surface area contributed by atoms with Crippen LogP contribution in [0.15, 0.2) is 39.7 Å². The van der Waals surface area contributed by atoms with E-state index in [1.165, 1.54) is 18.4 Å². The molecule has 2 unspecified atom stereocenters. The quantitative estimate of drug-likeness (QED) is 0.749. The first-order valence-corrected chi connectivity index (χ1v) is 7.95. The van der Waals surface area contributed by atoms with Gasteiger partial charge in [-0.3, -0.25) is 9.59 Å². The van der Waals surface area contributed by atoms with Crippen molar-refractivity contribution in [3.63, 3.8) is 0 Å². The summed E-state index contributed by atoms with van der Waals surface area (Å²) in [6.07, 6.45) is 2.85. The molecule has 132 valence electrons. The SMILES string of the molecule is O=C(NC(C(=O)O)C1CCCOC1)c1ccc(-c2ccco2)[nH]c1=O. The van der Waals surface area contributed by atoms with Crippen LogP contribution in [0.4, 0.5) is 0 Å². The second-order valence-electron chi connectivity index (χ2n) is 5.86. The van der Waals surface area contributed by atoms with Gasteiger partial charge >= 0.3 is 5.97 Å². The second-order valence-corrected chi connectivity index (χ2v) is 5.86. The summed E-state index contributed by atoms with van der Waals surface area (Å²) >= 11 is 0. The Labute approximate surface area is 142 Å². The Morgan fingerprint density at radius 2 is 2.16 bits per heavy atom. The lowest BCUT2D eigenvalue weighted by atomic mass is 9.93. The zero-order valence-electron chi connectivity index (χ0n) is 13.4. The number of pyridine rings is 1. The molecule has 0 aliphatic carbocycles. The number of aromatic amines is 1. The Kier molecular flexibility index (Phi) is 4.99. The van der Waals surface area contributed by atoms with Gasteiger partial charge in [0.25, 0.3) is 11.5 Å². The fourth-order valence-electron chi connectivity index (χ4n) is 2.86. The van der Waals surface area contributed by atoms with E-state index < -0.39 is 23.5 Å². The first kappa shape index (κ1) is 17.0. The maximum absolute atomic E-state index is 12.4. The summed E-state index contributed by atoms with van der Waals surface area (Å²) in [5.41, 5.74) is -0.337. The Morgan fingerprint density at radius 1 is 1.32 bits per heavy atom. The van der Waals surface area contributed by atoms with Crippen molar-refractivity contribution < 1.29 is 23.8 Å². The van der Waals surface area contributed by atoms with Gasteiger partial charge in [-0.05, 0) is 37.1 Å². The Morgan fingerprint density at radius 3 is 2.76 bits per heavy atom. The van der Waals surface area contributed by atoms with Crippen LogP contribution in [0.5, 0.6) is 0 Å². The number of hydrogen-bond donors (Lipinski definition) is 3. The van der Waals surface area contributed by atoms with E-state index in [1.54, 1.807) is 12.1 Å². The average Bonchev–Trinajstić information content (AvgIpc) is 3.14. The standard InChI is InChI=1S/C17H18N2O6/c20-15-11(5-6-12(18-15)13-4-2-8-25-13)16(21)19-14(17(22)23)10-3-1-7-24-9-10/h2,4-6,8,10,14H,1,3,7,9H2,(H,18,20)(H,19,21)(H,22,23). The zero-order chi connectivity index (χ0) is 17.8. The largest absolute Gasteiger partial charge is 0.480 e. The molecule has 1 aliphatic rings. The van der Waals surface area contributed by atoms with E-state index in [0.717, 1.165) is 6.42 Å². The topological polar surface area (TPSA) is 122 Å². The molecule has 0 saturated carbocycles. The van der Waals surface area contributed by atoms with Crippen molar-refractivity contribution in [2.75, 3.05) is 13.2 Å². The molecule has 2 aromatic rings. The number of hydrogen-bond acceptors (Lipinski definition) is 5. The molecule has 0 aromatic carbocycles. The van der Waals surface area contributed by atoms with Gasteiger partial charge in [0.1, 0.15) is 17.4 Å². The Hall–Kier alpha value is -2.87. The molecule has 2 aromatic heterocycles. The molecule has 1 fully saturated rings. The van der Waals surface area contributed by atoms with E-state index >= 15 is 0 Å². The first-order valence-electron chi connectivity index (χ1n) is 7.95. The summed E-state index contributed by atoms with van der Waals surface area (Å²) in [7, 11) is 0. The highest BCUT2D eigenvalue weighted by Crippen LogP contribution is 2.19. The highest BCUT2D eigenvalue weighted by molar-refractivity contribution is 5.96. The van der Waals surface area contributed by atoms with Crippen molar-refractivity contribution in [3.05, 3.63) is 46.4 Å². The molecule has 0 radical (unpaired) electrons. The molecular formula is C17H18N2O6. The van der Waals surface area contributed by atoms with Crippen LogP contribution < -0.4 is 10.9 Å². The molecule has 1 aliphatic heterocycles. The van der Waals surface area contributed by atoms with E-state index in [4.69, 9.17) is 9.15 Å². The fraction of sp³-hybridized carbons (Fsp3) is 0.353. The lowest BCUT2D eigenvalue weighted by molar-refractivity contribution is -0.142. The first-order chi connectivity index (χ1) is 12.1. The number of carbonyl (C=O) groups is 2. The molecule has 1 saturated heterocycles. The number of carboxylic acid groups (broad SMARTS) is 1. The van der Waals surface area contributed by atoms with Gasteiger partial charge in [-0.15, -0.1) is 0 Å². The maximum atomic E-state index is 12.4. The van der Waals surface area contributed by atoms with E-state index in [1.807, 2.05) is 0 Å². The van der Waals surface area contributed by atoms with Crippen LogP contribution >= 0.6 is 0 Å².